The molecule has 0 aromatic heterocycles. The SMILES string of the molecule is CCC(CC(=O)c1ccc(OC)cc1)c1ccccc1. The van der Waals surface area contributed by atoms with Gasteiger partial charge in [0.2, 0.25) is 0 Å². The number of carbonyl (C=O) groups excluding carboxylic acids is 1. The van der Waals surface area contributed by atoms with Gasteiger partial charge in [-0.2, -0.15) is 0 Å². The van der Waals surface area contributed by atoms with Crippen LogP contribution in [-0.4, -0.2) is 12.9 Å². The van der Waals surface area contributed by atoms with E-state index in [1.165, 1.54) is 5.56 Å². The molecule has 0 amide bonds. The van der Waals surface area contributed by atoms with Crippen LogP contribution in [0.25, 0.3) is 0 Å². The van der Waals surface area contributed by atoms with E-state index in [-0.39, 0.29) is 11.7 Å². The fraction of sp³-hybridized carbons (Fsp3) is 0.278. The van der Waals surface area contributed by atoms with Gasteiger partial charge in [-0.25, -0.2) is 0 Å². The second kappa shape index (κ2) is 6.90. The van der Waals surface area contributed by atoms with Crippen molar-refractivity contribution in [1.82, 2.24) is 0 Å². The summed E-state index contributed by atoms with van der Waals surface area (Å²) < 4.78 is 5.11. The fourth-order valence-electron chi connectivity index (χ4n) is 2.34. The molecule has 104 valence electrons. The molecule has 0 radical (unpaired) electrons. The molecule has 0 aliphatic rings. The van der Waals surface area contributed by atoms with E-state index in [0.717, 1.165) is 17.7 Å². The Bertz CT molecular complexity index is 543. The van der Waals surface area contributed by atoms with Crippen LogP contribution in [0.4, 0.5) is 0 Å². The van der Waals surface area contributed by atoms with Crippen LogP contribution in [0.2, 0.25) is 0 Å². The average molecular weight is 268 g/mol. The zero-order valence-corrected chi connectivity index (χ0v) is 12.0. The predicted molar refractivity (Wildman–Crippen MR) is 81.4 cm³/mol. The number of benzene rings is 2. The Morgan fingerprint density at radius 3 is 2.25 bits per heavy atom. The van der Waals surface area contributed by atoms with E-state index in [2.05, 4.69) is 19.1 Å². The Labute approximate surface area is 120 Å². The van der Waals surface area contributed by atoms with Crippen molar-refractivity contribution >= 4 is 5.78 Å². The molecule has 0 saturated carbocycles. The van der Waals surface area contributed by atoms with Crippen LogP contribution in [0.1, 0.15) is 41.6 Å². The van der Waals surface area contributed by atoms with Crippen LogP contribution >= 0.6 is 0 Å². The third-order valence-electron chi connectivity index (χ3n) is 3.61. The van der Waals surface area contributed by atoms with Crippen molar-refractivity contribution in [3.8, 4) is 5.75 Å². The van der Waals surface area contributed by atoms with E-state index in [9.17, 15) is 4.79 Å². The highest BCUT2D eigenvalue weighted by Gasteiger charge is 2.15. The van der Waals surface area contributed by atoms with E-state index in [1.54, 1.807) is 7.11 Å². The molecule has 1 unspecified atom stereocenters. The second-order valence-corrected chi connectivity index (χ2v) is 4.87. The fourth-order valence-corrected chi connectivity index (χ4v) is 2.34. The van der Waals surface area contributed by atoms with Gasteiger partial charge in [0.25, 0.3) is 0 Å². The van der Waals surface area contributed by atoms with Crippen LogP contribution in [0.15, 0.2) is 54.6 Å². The molecule has 1 atom stereocenters. The Morgan fingerprint density at radius 1 is 1.05 bits per heavy atom. The van der Waals surface area contributed by atoms with Crippen molar-refractivity contribution in [3.05, 3.63) is 65.7 Å². The molecule has 0 heterocycles. The molecule has 0 spiro atoms. The molecule has 2 rings (SSSR count). The number of hydrogen-bond acceptors (Lipinski definition) is 2. The van der Waals surface area contributed by atoms with Gasteiger partial charge in [-0.05, 0) is 42.2 Å². The van der Waals surface area contributed by atoms with E-state index in [4.69, 9.17) is 4.74 Å². The van der Waals surface area contributed by atoms with Gasteiger partial charge in [-0.15, -0.1) is 0 Å². The van der Waals surface area contributed by atoms with Gasteiger partial charge >= 0.3 is 0 Å². The number of rotatable bonds is 6. The molecular formula is C18H20O2. The molecule has 2 nitrogen and oxygen atoms in total. The number of ketones is 1. The monoisotopic (exact) mass is 268 g/mol. The van der Waals surface area contributed by atoms with E-state index in [0.29, 0.717) is 6.42 Å². The number of methoxy groups -OCH3 is 1. The van der Waals surface area contributed by atoms with Gasteiger partial charge < -0.3 is 4.74 Å². The summed E-state index contributed by atoms with van der Waals surface area (Å²) in [7, 11) is 1.62. The Hall–Kier alpha value is -2.09. The van der Waals surface area contributed by atoms with E-state index < -0.39 is 0 Å². The third kappa shape index (κ3) is 3.47. The third-order valence-corrected chi connectivity index (χ3v) is 3.61. The lowest BCUT2D eigenvalue weighted by atomic mass is 9.89. The Kier molecular flexibility index (Phi) is 4.94. The van der Waals surface area contributed by atoms with Crippen molar-refractivity contribution in [2.45, 2.75) is 25.7 Å². The van der Waals surface area contributed by atoms with Crippen molar-refractivity contribution in [3.63, 3.8) is 0 Å². The molecule has 2 heteroatoms. The van der Waals surface area contributed by atoms with Crippen LogP contribution in [-0.2, 0) is 0 Å². The highest BCUT2D eigenvalue weighted by molar-refractivity contribution is 5.96. The minimum absolute atomic E-state index is 0.184. The van der Waals surface area contributed by atoms with Gasteiger partial charge in [0.15, 0.2) is 5.78 Å². The summed E-state index contributed by atoms with van der Waals surface area (Å²) in [6.07, 6.45) is 1.51. The van der Waals surface area contributed by atoms with E-state index >= 15 is 0 Å². The standard InChI is InChI=1S/C18H20O2/c1-3-14(15-7-5-4-6-8-15)13-18(19)16-9-11-17(20-2)12-10-16/h4-12,14H,3,13H2,1-2H3. The van der Waals surface area contributed by atoms with Crippen molar-refractivity contribution < 1.29 is 9.53 Å². The van der Waals surface area contributed by atoms with Gasteiger partial charge in [-0.3, -0.25) is 4.79 Å². The van der Waals surface area contributed by atoms with Crippen molar-refractivity contribution in [1.29, 1.82) is 0 Å². The van der Waals surface area contributed by atoms with Crippen LogP contribution in [0, 0.1) is 0 Å². The van der Waals surface area contributed by atoms with Crippen molar-refractivity contribution in [2.75, 3.05) is 7.11 Å². The predicted octanol–water partition coefficient (Wildman–Crippen LogP) is 4.46. The normalized spacial score (nSPS) is 11.9. The lowest BCUT2D eigenvalue weighted by Gasteiger charge is -2.14. The highest BCUT2D eigenvalue weighted by Crippen LogP contribution is 2.25. The zero-order valence-electron chi connectivity index (χ0n) is 12.0. The van der Waals surface area contributed by atoms with Crippen LogP contribution in [0.3, 0.4) is 0 Å². The Balaban J connectivity index is 2.09. The van der Waals surface area contributed by atoms with Crippen molar-refractivity contribution in [2.24, 2.45) is 0 Å². The lowest BCUT2D eigenvalue weighted by Crippen LogP contribution is -2.07. The summed E-state index contributed by atoms with van der Waals surface area (Å²) in [4.78, 5) is 12.3. The maximum Gasteiger partial charge on any atom is 0.163 e. The molecule has 0 bridgehead atoms. The minimum Gasteiger partial charge on any atom is -0.497 e. The second-order valence-electron chi connectivity index (χ2n) is 4.87. The number of hydrogen-bond donors (Lipinski definition) is 0. The summed E-state index contributed by atoms with van der Waals surface area (Å²) in [5.74, 6) is 1.24. The molecule has 2 aromatic carbocycles. The lowest BCUT2D eigenvalue weighted by molar-refractivity contribution is 0.0973. The molecule has 0 aliphatic carbocycles. The largest absolute Gasteiger partial charge is 0.497 e. The first-order valence-corrected chi connectivity index (χ1v) is 6.96. The molecule has 0 aliphatic heterocycles. The van der Waals surface area contributed by atoms with Gasteiger partial charge in [0, 0.05) is 12.0 Å². The molecule has 0 N–H and O–H groups in total. The quantitative estimate of drug-likeness (QED) is 0.723. The van der Waals surface area contributed by atoms with Crippen LogP contribution < -0.4 is 4.74 Å². The maximum absolute atomic E-state index is 12.3. The molecule has 0 saturated heterocycles. The first-order valence-electron chi connectivity index (χ1n) is 6.96. The summed E-state index contributed by atoms with van der Waals surface area (Å²) in [5, 5.41) is 0. The first kappa shape index (κ1) is 14.3. The summed E-state index contributed by atoms with van der Waals surface area (Å²) in [6.45, 7) is 2.12. The number of Topliss-reactive ketones (excluding diaryl/α,β-unsaturated/α-hetero) is 1. The highest BCUT2D eigenvalue weighted by atomic mass is 16.5. The zero-order chi connectivity index (χ0) is 14.4. The molecule has 0 fully saturated rings. The molecule has 20 heavy (non-hydrogen) atoms. The van der Waals surface area contributed by atoms with Gasteiger partial charge in [0.05, 0.1) is 7.11 Å². The summed E-state index contributed by atoms with van der Waals surface area (Å²) >= 11 is 0. The van der Waals surface area contributed by atoms with Crippen LogP contribution in [0.5, 0.6) is 5.75 Å². The van der Waals surface area contributed by atoms with Gasteiger partial charge in [0.1, 0.15) is 5.75 Å². The number of carbonyl (C=O) groups is 1. The topological polar surface area (TPSA) is 26.3 Å². The molecule has 2 aromatic rings. The maximum atomic E-state index is 12.3. The summed E-state index contributed by atoms with van der Waals surface area (Å²) in [5.41, 5.74) is 1.98. The smallest absolute Gasteiger partial charge is 0.163 e. The van der Waals surface area contributed by atoms with E-state index in [1.807, 2.05) is 42.5 Å². The van der Waals surface area contributed by atoms with Gasteiger partial charge in [-0.1, -0.05) is 37.3 Å². The minimum atomic E-state index is 0.184. The molecular weight excluding hydrogens is 248 g/mol. The first-order chi connectivity index (χ1) is 9.74. The average Bonchev–Trinajstić information content (AvgIpc) is 2.53. The number of ether oxygens (including phenoxy) is 1. The Morgan fingerprint density at radius 2 is 1.70 bits per heavy atom. The summed E-state index contributed by atoms with van der Waals surface area (Å²) in [6, 6.07) is 17.6.